The van der Waals surface area contributed by atoms with Gasteiger partial charge in [0.1, 0.15) is 0 Å². The summed E-state index contributed by atoms with van der Waals surface area (Å²) >= 11 is 0. The van der Waals surface area contributed by atoms with E-state index in [9.17, 15) is 4.79 Å². The SMILES string of the molecule is CCCCCCC(C)Nc1ccc(N)cc1C(=O)O. The molecule has 1 unspecified atom stereocenters. The van der Waals surface area contributed by atoms with Gasteiger partial charge in [-0.05, 0) is 31.5 Å². The number of aromatic carboxylic acids is 1. The molecule has 0 aliphatic rings. The molecule has 1 aromatic rings. The van der Waals surface area contributed by atoms with Crippen LogP contribution in [0.15, 0.2) is 18.2 Å². The van der Waals surface area contributed by atoms with Crippen LogP contribution in [-0.4, -0.2) is 17.1 Å². The van der Waals surface area contributed by atoms with Crippen LogP contribution in [0.5, 0.6) is 0 Å². The van der Waals surface area contributed by atoms with Crippen LogP contribution in [0.25, 0.3) is 0 Å². The molecular weight excluding hydrogens is 240 g/mol. The fraction of sp³-hybridized carbons (Fsp3) is 0.533. The Bertz CT molecular complexity index is 419. The zero-order chi connectivity index (χ0) is 14.3. The molecule has 0 amide bonds. The molecule has 0 bridgehead atoms. The molecule has 1 rings (SSSR count). The Balaban J connectivity index is 2.58. The van der Waals surface area contributed by atoms with Crippen LogP contribution in [0, 0.1) is 0 Å². The minimum atomic E-state index is -0.951. The van der Waals surface area contributed by atoms with Crippen LogP contribution in [-0.2, 0) is 0 Å². The summed E-state index contributed by atoms with van der Waals surface area (Å²) in [5.74, 6) is -0.951. The third-order valence-electron chi connectivity index (χ3n) is 3.17. The third-order valence-corrected chi connectivity index (χ3v) is 3.17. The fourth-order valence-electron chi connectivity index (χ4n) is 2.08. The van der Waals surface area contributed by atoms with Crippen molar-refractivity contribution in [3.8, 4) is 0 Å². The lowest BCUT2D eigenvalue weighted by atomic mass is 10.1. The second-order valence-electron chi connectivity index (χ2n) is 5.00. The van der Waals surface area contributed by atoms with Crippen molar-refractivity contribution in [3.05, 3.63) is 23.8 Å². The summed E-state index contributed by atoms with van der Waals surface area (Å²) in [5, 5.41) is 12.4. The second kappa shape index (κ2) is 7.67. The summed E-state index contributed by atoms with van der Waals surface area (Å²) in [6.45, 7) is 4.27. The number of rotatable bonds is 8. The quantitative estimate of drug-likeness (QED) is 0.494. The van der Waals surface area contributed by atoms with Crippen molar-refractivity contribution < 1.29 is 9.90 Å². The monoisotopic (exact) mass is 264 g/mol. The first-order valence-corrected chi connectivity index (χ1v) is 6.94. The highest BCUT2D eigenvalue weighted by molar-refractivity contribution is 5.95. The number of hydrogen-bond acceptors (Lipinski definition) is 3. The van der Waals surface area contributed by atoms with Gasteiger partial charge in [0.15, 0.2) is 0 Å². The molecule has 0 heterocycles. The molecule has 4 heteroatoms. The van der Waals surface area contributed by atoms with Crippen molar-refractivity contribution in [1.29, 1.82) is 0 Å². The molecule has 4 nitrogen and oxygen atoms in total. The number of nitrogens with two attached hydrogens (primary N) is 1. The molecule has 4 N–H and O–H groups in total. The van der Waals surface area contributed by atoms with Crippen LogP contribution >= 0.6 is 0 Å². The third kappa shape index (κ3) is 5.20. The largest absolute Gasteiger partial charge is 0.478 e. The Morgan fingerprint density at radius 3 is 2.74 bits per heavy atom. The van der Waals surface area contributed by atoms with Crippen LogP contribution < -0.4 is 11.1 Å². The van der Waals surface area contributed by atoms with Gasteiger partial charge in [0.25, 0.3) is 0 Å². The topological polar surface area (TPSA) is 75.3 Å². The number of anilines is 2. The Kier molecular flexibility index (Phi) is 6.19. The van der Waals surface area contributed by atoms with E-state index in [-0.39, 0.29) is 11.6 Å². The normalized spacial score (nSPS) is 12.1. The predicted octanol–water partition coefficient (Wildman–Crippen LogP) is 3.74. The Hall–Kier alpha value is -1.71. The average molecular weight is 264 g/mol. The molecule has 0 aromatic heterocycles. The van der Waals surface area contributed by atoms with E-state index >= 15 is 0 Å². The molecule has 0 aliphatic carbocycles. The highest BCUT2D eigenvalue weighted by Gasteiger charge is 2.12. The molecule has 0 fully saturated rings. The minimum absolute atomic E-state index is 0.236. The molecular formula is C15H24N2O2. The summed E-state index contributed by atoms with van der Waals surface area (Å²) < 4.78 is 0. The van der Waals surface area contributed by atoms with E-state index in [0.29, 0.717) is 11.4 Å². The highest BCUT2D eigenvalue weighted by atomic mass is 16.4. The maximum absolute atomic E-state index is 11.2. The number of carboxylic acid groups (broad SMARTS) is 1. The molecule has 1 aromatic carbocycles. The summed E-state index contributed by atoms with van der Waals surface area (Å²) in [6.07, 6.45) is 5.93. The Morgan fingerprint density at radius 1 is 1.37 bits per heavy atom. The van der Waals surface area contributed by atoms with Crippen LogP contribution in [0.2, 0.25) is 0 Å². The molecule has 106 valence electrons. The van der Waals surface area contributed by atoms with Crippen LogP contribution in [0.1, 0.15) is 56.3 Å². The van der Waals surface area contributed by atoms with Gasteiger partial charge in [-0.1, -0.05) is 32.6 Å². The zero-order valence-corrected chi connectivity index (χ0v) is 11.8. The average Bonchev–Trinajstić information content (AvgIpc) is 2.36. The molecule has 1 atom stereocenters. The summed E-state index contributed by atoms with van der Waals surface area (Å²) in [7, 11) is 0. The van der Waals surface area contributed by atoms with Crippen LogP contribution in [0.4, 0.5) is 11.4 Å². The predicted molar refractivity (Wildman–Crippen MR) is 79.7 cm³/mol. The number of nitrogens with one attached hydrogen (secondary N) is 1. The lowest BCUT2D eigenvalue weighted by Gasteiger charge is -2.17. The lowest BCUT2D eigenvalue weighted by Crippen LogP contribution is -2.17. The number of carbonyl (C=O) groups is 1. The van der Waals surface area contributed by atoms with E-state index in [1.807, 2.05) is 0 Å². The number of nitrogen functional groups attached to an aromatic ring is 1. The minimum Gasteiger partial charge on any atom is -0.478 e. The first-order valence-electron chi connectivity index (χ1n) is 6.94. The smallest absolute Gasteiger partial charge is 0.337 e. The second-order valence-corrected chi connectivity index (χ2v) is 5.00. The molecule has 19 heavy (non-hydrogen) atoms. The highest BCUT2D eigenvalue weighted by Crippen LogP contribution is 2.21. The van der Waals surface area contributed by atoms with Crippen molar-refractivity contribution in [3.63, 3.8) is 0 Å². The van der Waals surface area contributed by atoms with Crippen LogP contribution in [0.3, 0.4) is 0 Å². The maximum Gasteiger partial charge on any atom is 0.337 e. The van der Waals surface area contributed by atoms with Gasteiger partial charge in [0, 0.05) is 17.4 Å². The van der Waals surface area contributed by atoms with Gasteiger partial charge in [-0.3, -0.25) is 0 Å². The number of carboxylic acids is 1. The fourth-order valence-corrected chi connectivity index (χ4v) is 2.08. The van der Waals surface area contributed by atoms with E-state index in [0.717, 1.165) is 6.42 Å². The van der Waals surface area contributed by atoms with Gasteiger partial charge in [-0.2, -0.15) is 0 Å². The van der Waals surface area contributed by atoms with Gasteiger partial charge in [-0.15, -0.1) is 0 Å². The molecule has 0 aliphatic heterocycles. The maximum atomic E-state index is 11.2. The summed E-state index contributed by atoms with van der Waals surface area (Å²) in [6, 6.07) is 5.22. The van der Waals surface area contributed by atoms with Crippen molar-refractivity contribution >= 4 is 17.3 Å². The molecule has 0 saturated carbocycles. The standard InChI is InChI=1S/C15H24N2O2/c1-3-4-5-6-7-11(2)17-14-9-8-12(16)10-13(14)15(18)19/h8-11,17H,3-7,16H2,1-2H3,(H,18,19). The van der Waals surface area contributed by atoms with Gasteiger partial charge in [-0.25, -0.2) is 4.79 Å². The van der Waals surface area contributed by atoms with Crippen molar-refractivity contribution in [2.45, 2.75) is 52.0 Å². The van der Waals surface area contributed by atoms with E-state index in [1.165, 1.54) is 31.7 Å². The molecule has 0 spiro atoms. The zero-order valence-electron chi connectivity index (χ0n) is 11.8. The molecule has 0 saturated heterocycles. The first kappa shape index (κ1) is 15.3. The lowest BCUT2D eigenvalue weighted by molar-refractivity contribution is 0.0698. The first-order chi connectivity index (χ1) is 9.04. The Labute approximate surface area is 115 Å². The van der Waals surface area contributed by atoms with Gasteiger partial charge >= 0.3 is 5.97 Å². The van der Waals surface area contributed by atoms with Crippen molar-refractivity contribution in [2.75, 3.05) is 11.1 Å². The summed E-state index contributed by atoms with van der Waals surface area (Å²) in [5.41, 5.74) is 6.97. The van der Waals surface area contributed by atoms with E-state index in [2.05, 4.69) is 19.2 Å². The number of benzene rings is 1. The van der Waals surface area contributed by atoms with E-state index < -0.39 is 5.97 Å². The number of unbranched alkanes of at least 4 members (excludes halogenated alkanes) is 3. The van der Waals surface area contributed by atoms with Gasteiger partial charge in [0.2, 0.25) is 0 Å². The Morgan fingerprint density at radius 2 is 2.11 bits per heavy atom. The van der Waals surface area contributed by atoms with E-state index in [4.69, 9.17) is 10.8 Å². The van der Waals surface area contributed by atoms with E-state index in [1.54, 1.807) is 12.1 Å². The van der Waals surface area contributed by atoms with Gasteiger partial charge in [0.05, 0.1) is 5.56 Å². The number of hydrogen-bond donors (Lipinski definition) is 3. The van der Waals surface area contributed by atoms with Gasteiger partial charge < -0.3 is 16.2 Å². The summed E-state index contributed by atoms with van der Waals surface area (Å²) in [4.78, 5) is 11.2. The van der Waals surface area contributed by atoms with Crippen molar-refractivity contribution in [2.24, 2.45) is 0 Å². The molecule has 0 radical (unpaired) electrons. The van der Waals surface area contributed by atoms with Crippen molar-refractivity contribution in [1.82, 2.24) is 0 Å².